The maximum atomic E-state index is 13.6. The lowest BCUT2D eigenvalue weighted by Crippen LogP contribution is -2.44. The summed E-state index contributed by atoms with van der Waals surface area (Å²) in [7, 11) is 1.40. The Morgan fingerprint density at radius 2 is 1.75 bits per heavy atom. The maximum Gasteiger partial charge on any atom is 0.416 e. The summed E-state index contributed by atoms with van der Waals surface area (Å²) < 4.78 is 46.2. The van der Waals surface area contributed by atoms with Gasteiger partial charge in [0.15, 0.2) is 6.35 Å². The zero-order valence-electron chi connectivity index (χ0n) is 20.0. The summed E-state index contributed by atoms with van der Waals surface area (Å²) in [5, 5.41) is 23.0. The molecule has 0 aliphatic rings. The van der Waals surface area contributed by atoms with Crippen LogP contribution in [0.1, 0.15) is 29.2 Å². The molecule has 0 bridgehead atoms. The Kier molecular flexibility index (Phi) is 9.08. The number of alkyl halides is 3. The van der Waals surface area contributed by atoms with Crippen molar-refractivity contribution in [2.45, 2.75) is 39.0 Å². The van der Waals surface area contributed by atoms with Gasteiger partial charge in [0.2, 0.25) is 0 Å². The first-order valence-corrected chi connectivity index (χ1v) is 11.4. The Hall–Kier alpha value is -3.40. The molecule has 0 aliphatic carbocycles. The molecule has 0 radical (unpaired) electrons. The first-order chi connectivity index (χ1) is 17.1. The van der Waals surface area contributed by atoms with E-state index in [0.717, 1.165) is 17.7 Å². The SMILES string of the molecule is CCN(Cc1ccc(C(F)(F)F)cc1-c1cc(CC(=O)O)ccc1OC)C(O)NCc1ccccc1. The maximum absolute atomic E-state index is 13.6. The number of nitrogens with one attached hydrogen (secondary N) is 1. The number of aliphatic hydroxyl groups excluding tert-OH is 1. The number of methoxy groups -OCH3 is 1. The number of carboxylic acid groups (broad SMARTS) is 1. The number of aliphatic carboxylic acids is 1. The van der Waals surface area contributed by atoms with Crippen molar-refractivity contribution < 1.29 is 32.9 Å². The van der Waals surface area contributed by atoms with Crippen molar-refractivity contribution in [1.29, 1.82) is 0 Å². The van der Waals surface area contributed by atoms with E-state index in [1.54, 1.807) is 17.0 Å². The predicted octanol–water partition coefficient (Wildman–Crippen LogP) is 4.90. The predicted molar refractivity (Wildman–Crippen MR) is 130 cm³/mol. The molecule has 0 aromatic heterocycles. The molecular formula is C27H29F3N2O4. The first kappa shape index (κ1) is 27.2. The fraction of sp³-hybridized carbons (Fsp3) is 0.296. The molecule has 0 aliphatic heterocycles. The minimum Gasteiger partial charge on any atom is -0.496 e. The molecule has 0 amide bonds. The highest BCUT2D eigenvalue weighted by Crippen LogP contribution is 2.38. The Morgan fingerprint density at radius 1 is 1.03 bits per heavy atom. The van der Waals surface area contributed by atoms with Crippen LogP contribution < -0.4 is 10.1 Å². The minimum atomic E-state index is -4.57. The average molecular weight is 503 g/mol. The lowest BCUT2D eigenvalue weighted by atomic mass is 9.94. The van der Waals surface area contributed by atoms with E-state index >= 15 is 0 Å². The number of ether oxygens (including phenoxy) is 1. The van der Waals surface area contributed by atoms with Crippen LogP contribution in [0.2, 0.25) is 0 Å². The second-order valence-corrected chi connectivity index (χ2v) is 8.28. The van der Waals surface area contributed by atoms with Crippen LogP contribution in [0.15, 0.2) is 66.7 Å². The van der Waals surface area contributed by atoms with Crippen molar-refractivity contribution >= 4 is 5.97 Å². The molecule has 1 atom stereocenters. The number of hydrogen-bond donors (Lipinski definition) is 3. The third-order valence-electron chi connectivity index (χ3n) is 5.80. The van der Waals surface area contributed by atoms with E-state index in [2.05, 4.69) is 5.32 Å². The Morgan fingerprint density at radius 3 is 2.36 bits per heavy atom. The van der Waals surface area contributed by atoms with E-state index in [-0.39, 0.29) is 18.5 Å². The van der Waals surface area contributed by atoms with Crippen LogP contribution in [-0.4, -0.2) is 41.1 Å². The van der Waals surface area contributed by atoms with Gasteiger partial charge in [-0.15, -0.1) is 0 Å². The van der Waals surface area contributed by atoms with Crippen molar-refractivity contribution in [2.24, 2.45) is 0 Å². The summed E-state index contributed by atoms with van der Waals surface area (Å²) in [6.45, 7) is 2.80. The van der Waals surface area contributed by atoms with Crippen LogP contribution in [0.3, 0.4) is 0 Å². The minimum absolute atomic E-state index is 0.138. The smallest absolute Gasteiger partial charge is 0.416 e. The summed E-state index contributed by atoms with van der Waals surface area (Å²) in [5.41, 5.74) is 1.69. The highest BCUT2D eigenvalue weighted by atomic mass is 19.4. The largest absolute Gasteiger partial charge is 0.496 e. The van der Waals surface area contributed by atoms with E-state index in [1.165, 1.54) is 19.2 Å². The molecule has 1 unspecified atom stereocenters. The highest BCUT2D eigenvalue weighted by molar-refractivity contribution is 5.77. The molecule has 0 saturated carbocycles. The van der Waals surface area contributed by atoms with Gasteiger partial charge in [0.05, 0.1) is 19.1 Å². The van der Waals surface area contributed by atoms with Gasteiger partial charge in [0.1, 0.15) is 5.75 Å². The quantitative estimate of drug-likeness (QED) is 0.324. The number of rotatable bonds is 11. The van der Waals surface area contributed by atoms with Crippen molar-refractivity contribution in [1.82, 2.24) is 10.2 Å². The standard InChI is InChI=1S/C27H29F3N2O4/c1-3-32(26(35)31-16-18-7-5-4-6-8-18)17-20-10-11-21(27(28,29)30)15-22(20)23-13-19(14-25(33)34)9-12-24(23)36-2/h4-13,15,26,31,35H,3,14,16-17H2,1-2H3,(H,33,34). The third-order valence-corrected chi connectivity index (χ3v) is 5.80. The molecule has 3 aromatic rings. The van der Waals surface area contributed by atoms with Crippen molar-refractivity contribution in [2.75, 3.05) is 13.7 Å². The van der Waals surface area contributed by atoms with Crippen molar-refractivity contribution in [3.05, 3.63) is 89.0 Å². The van der Waals surface area contributed by atoms with Gasteiger partial charge >= 0.3 is 12.1 Å². The second kappa shape index (κ2) is 12.0. The lowest BCUT2D eigenvalue weighted by molar-refractivity contribution is -0.138. The van der Waals surface area contributed by atoms with Crippen LogP contribution in [0.5, 0.6) is 5.75 Å². The van der Waals surface area contributed by atoms with Gasteiger partial charge in [-0.05, 0) is 53.1 Å². The molecule has 3 rings (SSSR count). The fourth-order valence-electron chi connectivity index (χ4n) is 3.92. The van der Waals surface area contributed by atoms with Crippen LogP contribution in [0, 0.1) is 0 Å². The summed E-state index contributed by atoms with van der Waals surface area (Å²) in [6, 6.07) is 17.6. The summed E-state index contributed by atoms with van der Waals surface area (Å²) in [6.07, 6.45) is -5.90. The van der Waals surface area contributed by atoms with E-state index < -0.39 is 24.1 Å². The summed E-state index contributed by atoms with van der Waals surface area (Å²) in [4.78, 5) is 12.9. The van der Waals surface area contributed by atoms with Crippen LogP contribution in [0.4, 0.5) is 13.2 Å². The average Bonchev–Trinajstić information content (AvgIpc) is 2.85. The van der Waals surface area contributed by atoms with Gasteiger partial charge in [-0.2, -0.15) is 13.2 Å². The topological polar surface area (TPSA) is 82.0 Å². The van der Waals surface area contributed by atoms with Gasteiger partial charge in [0.25, 0.3) is 0 Å². The molecule has 36 heavy (non-hydrogen) atoms. The number of carbonyl (C=O) groups is 1. The monoisotopic (exact) mass is 502 g/mol. The molecule has 0 spiro atoms. The van der Waals surface area contributed by atoms with Crippen molar-refractivity contribution in [3.63, 3.8) is 0 Å². The molecule has 6 nitrogen and oxygen atoms in total. The Bertz CT molecular complexity index is 1170. The molecule has 0 saturated heterocycles. The Labute approximate surface area is 207 Å². The molecule has 3 aromatic carbocycles. The zero-order chi connectivity index (χ0) is 26.3. The van der Waals surface area contributed by atoms with Gasteiger partial charge < -0.3 is 14.9 Å². The lowest BCUT2D eigenvalue weighted by Gasteiger charge is -2.28. The molecule has 192 valence electrons. The molecule has 9 heteroatoms. The van der Waals surface area contributed by atoms with E-state index in [1.807, 2.05) is 37.3 Å². The van der Waals surface area contributed by atoms with E-state index in [9.17, 15) is 28.2 Å². The number of aliphatic hydroxyl groups is 1. The molecular weight excluding hydrogens is 473 g/mol. The molecule has 0 fully saturated rings. The second-order valence-electron chi connectivity index (χ2n) is 8.28. The third kappa shape index (κ3) is 7.07. The van der Waals surface area contributed by atoms with Crippen LogP contribution >= 0.6 is 0 Å². The van der Waals surface area contributed by atoms with Crippen LogP contribution in [0.25, 0.3) is 11.1 Å². The van der Waals surface area contributed by atoms with Crippen LogP contribution in [-0.2, 0) is 30.5 Å². The summed E-state index contributed by atoms with van der Waals surface area (Å²) >= 11 is 0. The fourth-order valence-corrected chi connectivity index (χ4v) is 3.92. The summed E-state index contributed by atoms with van der Waals surface area (Å²) in [5.74, 6) is -0.740. The number of carboxylic acids is 1. The number of nitrogens with zero attached hydrogens (tertiary/aromatic N) is 1. The van der Waals surface area contributed by atoms with Gasteiger partial charge in [0, 0.05) is 18.7 Å². The first-order valence-electron chi connectivity index (χ1n) is 11.4. The zero-order valence-corrected chi connectivity index (χ0v) is 20.0. The number of benzene rings is 3. The number of halogens is 3. The highest BCUT2D eigenvalue weighted by Gasteiger charge is 2.32. The van der Waals surface area contributed by atoms with E-state index in [4.69, 9.17) is 4.74 Å². The van der Waals surface area contributed by atoms with Gasteiger partial charge in [-0.25, -0.2) is 0 Å². The normalized spacial score (nSPS) is 12.5. The van der Waals surface area contributed by atoms with E-state index in [0.29, 0.717) is 35.5 Å². The van der Waals surface area contributed by atoms with Gasteiger partial charge in [-0.3, -0.25) is 15.0 Å². The Balaban J connectivity index is 1.98. The molecule has 3 N–H and O–H groups in total. The molecule has 0 heterocycles. The van der Waals surface area contributed by atoms with Gasteiger partial charge in [-0.1, -0.05) is 49.4 Å². The van der Waals surface area contributed by atoms with Crippen molar-refractivity contribution in [3.8, 4) is 16.9 Å². The number of hydrogen-bond acceptors (Lipinski definition) is 5.